The number of unbranched alkanes of at least 4 members (excludes halogenated alkanes) is 1. The Hall–Kier alpha value is -1.63. The SMILES string of the molecule is C=CCCCN(C)C(=NCCc1cccc2cccnc12)NCC.I. The predicted octanol–water partition coefficient (Wildman–Crippen LogP) is 4.26. The average Bonchev–Trinajstić information content (AvgIpc) is 2.61. The van der Waals surface area contributed by atoms with Gasteiger partial charge in [0.15, 0.2) is 5.96 Å². The first-order valence-electron chi connectivity index (χ1n) is 8.69. The normalized spacial score (nSPS) is 11.0. The van der Waals surface area contributed by atoms with Crippen LogP contribution in [0.25, 0.3) is 10.9 Å². The van der Waals surface area contributed by atoms with Gasteiger partial charge in [-0.3, -0.25) is 9.98 Å². The zero-order chi connectivity index (χ0) is 17.2. The van der Waals surface area contributed by atoms with Gasteiger partial charge >= 0.3 is 0 Å². The third-order valence-electron chi connectivity index (χ3n) is 3.96. The lowest BCUT2D eigenvalue weighted by Gasteiger charge is -2.21. The molecule has 1 aromatic heterocycles. The highest BCUT2D eigenvalue weighted by molar-refractivity contribution is 14.0. The molecule has 0 amide bonds. The topological polar surface area (TPSA) is 40.5 Å². The number of guanidine groups is 1. The summed E-state index contributed by atoms with van der Waals surface area (Å²) < 4.78 is 0. The van der Waals surface area contributed by atoms with E-state index in [1.165, 1.54) is 10.9 Å². The van der Waals surface area contributed by atoms with Crippen LogP contribution < -0.4 is 5.32 Å². The molecule has 0 bridgehead atoms. The molecule has 0 radical (unpaired) electrons. The number of rotatable bonds is 8. The molecule has 25 heavy (non-hydrogen) atoms. The number of hydrogen-bond donors (Lipinski definition) is 1. The fraction of sp³-hybridized carbons (Fsp3) is 0.400. The standard InChI is InChI=1S/C20H28N4.HI/c1-4-6-7-16-24(3)20(21-5-2)23-15-13-18-11-8-10-17-12-9-14-22-19(17)18;/h4,8-12,14H,1,5-7,13,15-16H2,2-3H3,(H,21,23);1H. The first-order valence-corrected chi connectivity index (χ1v) is 8.69. The van der Waals surface area contributed by atoms with Crippen molar-refractivity contribution in [3.63, 3.8) is 0 Å². The molecule has 0 aliphatic heterocycles. The van der Waals surface area contributed by atoms with Crippen molar-refractivity contribution < 1.29 is 0 Å². The number of aromatic nitrogens is 1. The molecule has 4 nitrogen and oxygen atoms in total. The van der Waals surface area contributed by atoms with E-state index in [2.05, 4.69) is 60.0 Å². The van der Waals surface area contributed by atoms with Crippen LogP contribution >= 0.6 is 24.0 Å². The van der Waals surface area contributed by atoms with Gasteiger partial charge < -0.3 is 10.2 Å². The maximum atomic E-state index is 4.77. The highest BCUT2D eigenvalue weighted by atomic mass is 127. The van der Waals surface area contributed by atoms with E-state index < -0.39 is 0 Å². The third-order valence-corrected chi connectivity index (χ3v) is 3.96. The Morgan fingerprint density at radius 2 is 2.12 bits per heavy atom. The molecule has 0 saturated heterocycles. The summed E-state index contributed by atoms with van der Waals surface area (Å²) in [6.45, 7) is 8.48. The van der Waals surface area contributed by atoms with Gasteiger partial charge in [-0.15, -0.1) is 30.6 Å². The Balaban J connectivity index is 0.00000312. The molecule has 1 aromatic carbocycles. The minimum absolute atomic E-state index is 0. The minimum atomic E-state index is 0. The van der Waals surface area contributed by atoms with Crippen molar-refractivity contribution in [2.75, 3.05) is 26.7 Å². The van der Waals surface area contributed by atoms with E-state index >= 15 is 0 Å². The lowest BCUT2D eigenvalue weighted by molar-refractivity contribution is 0.470. The van der Waals surface area contributed by atoms with Gasteiger partial charge in [-0.25, -0.2) is 0 Å². The number of pyridine rings is 1. The highest BCUT2D eigenvalue weighted by Gasteiger charge is 2.05. The van der Waals surface area contributed by atoms with E-state index in [9.17, 15) is 0 Å². The Morgan fingerprint density at radius 1 is 1.32 bits per heavy atom. The second-order valence-electron chi connectivity index (χ2n) is 5.83. The number of allylic oxidation sites excluding steroid dienone is 1. The molecule has 1 N–H and O–H groups in total. The summed E-state index contributed by atoms with van der Waals surface area (Å²) in [5.74, 6) is 0.967. The number of halogens is 1. The summed E-state index contributed by atoms with van der Waals surface area (Å²) in [7, 11) is 2.09. The van der Waals surface area contributed by atoms with Crippen molar-refractivity contribution in [2.45, 2.75) is 26.2 Å². The molecule has 0 aliphatic rings. The smallest absolute Gasteiger partial charge is 0.193 e. The average molecular weight is 452 g/mol. The second-order valence-corrected chi connectivity index (χ2v) is 5.83. The third kappa shape index (κ3) is 6.65. The Bertz CT molecular complexity index is 679. The molecule has 5 heteroatoms. The van der Waals surface area contributed by atoms with E-state index in [4.69, 9.17) is 4.99 Å². The summed E-state index contributed by atoms with van der Waals surface area (Å²) >= 11 is 0. The van der Waals surface area contributed by atoms with Gasteiger partial charge in [0.25, 0.3) is 0 Å². The number of nitrogens with one attached hydrogen (secondary N) is 1. The van der Waals surface area contributed by atoms with Crippen LogP contribution in [0.1, 0.15) is 25.3 Å². The zero-order valence-corrected chi connectivity index (χ0v) is 17.6. The fourth-order valence-electron chi connectivity index (χ4n) is 2.70. The molecule has 0 saturated carbocycles. The molecule has 2 rings (SSSR count). The molecule has 0 fully saturated rings. The molecular weight excluding hydrogens is 423 g/mol. The first-order chi connectivity index (χ1) is 11.8. The van der Waals surface area contributed by atoms with Crippen LogP contribution in [0.4, 0.5) is 0 Å². The van der Waals surface area contributed by atoms with Crippen LogP contribution in [-0.4, -0.2) is 42.5 Å². The van der Waals surface area contributed by atoms with Crippen LogP contribution in [0, 0.1) is 0 Å². The molecule has 0 atom stereocenters. The van der Waals surface area contributed by atoms with Gasteiger partial charge in [0, 0.05) is 38.3 Å². The largest absolute Gasteiger partial charge is 0.357 e. The van der Waals surface area contributed by atoms with Gasteiger partial charge in [-0.2, -0.15) is 0 Å². The number of fused-ring (bicyclic) bond motifs is 1. The number of aliphatic imine (C=N–C) groups is 1. The quantitative estimate of drug-likeness (QED) is 0.214. The fourth-order valence-corrected chi connectivity index (χ4v) is 2.70. The van der Waals surface area contributed by atoms with Crippen molar-refractivity contribution in [3.8, 4) is 0 Å². The van der Waals surface area contributed by atoms with Crippen LogP contribution in [0.2, 0.25) is 0 Å². The molecule has 1 heterocycles. The van der Waals surface area contributed by atoms with Crippen LogP contribution in [0.3, 0.4) is 0 Å². The van der Waals surface area contributed by atoms with Gasteiger partial charge in [-0.05, 0) is 37.8 Å². The zero-order valence-electron chi connectivity index (χ0n) is 15.2. The summed E-state index contributed by atoms with van der Waals surface area (Å²) in [5.41, 5.74) is 2.33. The lowest BCUT2D eigenvalue weighted by Crippen LogP contribution is -2.39. The van der Waals surface area contributed by atoms with Crippen molar-refractivity contribution in [1.29, 1.82) is 0 Å². The van der Waals surface area contributed by atoms with Crippen LogP contribution in [0.5, 0.6) is 0 Å². The van der Waals surface area contributed by atoms with Crippen molar-refractivity contribution in [2.24, 2.45) is 4.99 Å². The molecule has 136 valence electrons. The van der Waals surface area contributed by atoms with Crippen LogP contribution in [0.15, 0.2) is 54.2 Å². The van der Waals surface area contributed by atoms with Crippen molar-refractivity contribution >= 4 is 40.8 Å². The molecule has 0 spiro atoms. The van der Waals surface area contributed by atoms with Gasteiger partial charge in [0.1, 0.15) is 0 Å². The Morgan fingerprint density at radius 3 is 2.88 bits per heavy atom. The van der Waals surface area contributed by atoms with E-state index in [1.54, 1.807) is 0 Å². The van der Waals surface area contributed by atoms with Gasteiger partial charge in [0.05, 0.1) is 5.52 Å². The van der Waals surface area contributed by atoms with Crippen molar-refractivity contribution in [3.05, 3.63) is 54.7 Å². The predicted molar refractivity (Wildman–Crippen MR) is 119 cm³/mol. The number of benzene rings is 1. The second kappa shape index (κ2) is 11.8. The number of hydrogen-bond acceptors (Lipinski definition) is 2. The van der Waals surface area contributed by atoms with E-state index in [1.807, 2.05) is 18.3 Å². The van der Waals surface area contributed by atoms with E-state index in [-0.39, 0.29) is 24.0 Å². The number of para-hydroxylation sites is 1. The molecular formula is C20H29IN4. The summed E-state index contributed by atoms with van der Waals surface area (Å²) in [6, 6.07) is 10.4. The highest BCUT2D eigenvalue weighted by Crippen LogP contribution is 2.16. The van der Waals surface area contributed by atoms with E-state index in [0.29, 0.717) is 0 Å². The van der Waals surface area contributed by atoms with Gasteiger partial charge in [-0.1, -0.05) is 30.3 Å². The maximum Gasteiger partial charge on any atom is 0.193 e. The first kappa shape index (κ1) is 21.4. The molecule has 2 aromatic rings. The molecule has 0 unspecified atom stereocenters. The Labute approximate surface area is 168 Å². The van der Waals surface area contributed by atoms with Gasteiger partial charge in [0.2, 0.25) is 0 Å². The van der Waals surface area contributed by atoms with Crippen molar-refractivity contribution in [1.82, 2.24) is 15.2 Å². The van der Waals surface area contributed by atoms with Crippen LogP contribution in [-0.2, 0) is 6.42 Å². The summed E-state index contributed by atoms with van der Waals surface area (Å²) in [6.07, 6.45) is 6.84. The maximum absolute atomic E-state index is 4.77. The van der Waals surface area contributed by atoms with E-state index in [0.717, 1.165) is 50.4 Å². The summed E-state index contributed by atoms with van der Waals surface area (Å²) in [5, 5.41) is 4.55. The molecule has 0 aliphatic carbocycles. The lowest BCUT2D eigenvalue weighted by atomic mass is 10.1. The Kier molecular flexibility index (Phi) is 10.1. The minimum Gasteiger partial charge on any atom is -0.357 e. The summed E-state index contributed by atoms with van der Waals surface area (Å²) in [4.78, 5) is 11.5. The monoisotopic (exact) mass is 452 g/mol. The number of nitrogens with zero attached hydrogens (tertiary/aromatic N) is 3.